The van der Waals surface area contributed by atoms with Gasteiger partial charge in [0.25, 0.3) is 0 Å². The van der Waals surface area contributed by atoms with E-state index in [2.05, 4.69) is 24.5 Å². The van der Waals surface area contributed by atoms with Crippen LogP contribution in [-0.2, 0) is 0 Å². The summed E-state index contributed by atoms with van der Waals surface area (Å²) >= 11 is 0. The topological polar surface area (TPSA) is 24.1 Å². The van der Waals surface area contributed by atoms with Gasteiger partial charge in [-0.05, 0) is 50.6 Å². The van der Waals surface area contributed by atoms with Crippen molar-refractivity contribution >= 4 is 0 Å². The normalized spacial score (nSPS) is 36.0. The highest BCUT2D eigenvalue weighted by Crippen LogP contribution is 2.31. The lowest BCUT2D eigenvalue weighted by Crippen LogP contribution is -2.47. The Balaban J connectivity index is 1.79. The van der Waals surface area contributed by atoms with Gasteiger partial charge in [0.15, 0.2) is 0 Å². The molecular weight excluding hydrogens is 208 g/mol. The summed E-state index contributed by atoms with van der Waals surface area (Å²) in [7, 11) is 0. The van der Waals surface area contributed by atoms with E-state index in [9.17, 15) is 0 Å². The van der Waals surface area contributed by atoms with Crippen molar-refractivity contribution in [1.29, 1.82) is 0 Å². The average molecular weight is 238 g/mol. The van der Waals surface area contributed by atoms with Crippen LogP contribution in [0.1, 0.15) is 58.8 Å². The smallest absolute Gasteiger partial charge is 0.0110 e. The standard InChI is InChI=1S/C15H30N2/c1-3-12(2)11-17-15-9-6-7-13(15)14-8-4-5-10-16-14/h12-17H,3-11H2,1-2H3. The van der Waals surface area contributed by atoms with Crippen LogP contribution in [0.3, 0.4) is 0 Å². The first kappa shape index (κ1) is 13.4. The van der Waals surface area contributed by atoms with Crippen LogP contribution < -0.4 is 10.6 Å². The second-order valence-corrected chi connectivity index (χ2v) is 6.18. The van der Waals surface area contributed by atoms with E-state index >= 15 is 0 Å². The van der Waals surface area contributed by atoms with Crippen molar-refractivity contribution in [3.8, 4) is 0 Å². The van der Waals surface area contributed by atoms with Crippen molar-refractivity contribution in [1.82, 2.24) is 10.6 Å². The molecule has 1 heterocycles. The van der Waals surface area contributed by atoms with Gasteiger partial charge in [-0.15, -0.1) is 0 Å². The minimum absolute atomic E-state index is 0.791. The van der Waals surface area contributed by atoms with Crippen molar-refractivity contribution in [2.45, 2.75) is 70.9 Å². The molecule has 0 aromatic carbocycles. The van der Waals surface area contributed by atoms with Gasteiger partial charge in [0, 0.05) is 12.1 Å². The van der Waals surface area contributed by atoms with Gasteiger partial charge in [0.1, 0.15) is 0 Å². The molecule has 100 valence electrons. The first-order valence-corrected chi connectivity index (χ1v) is 7.78. The van der Waals surface area contributed by atoms with E-state index in [1.165, 1.54) is 58.0 Å². The molecule has 2 N–H and O–H groups in total. The molecule has 4 atom stereocenters. The van der Waals surface area contributed by atoms with Gasteiger partial charge >= 0.3 is 0 Å². The van der Waals surface area contributed by atoms with Gasteiger partial charge in [-0.3, -0.25) is 0 Å². The summed E-state index contributed by atoms with van der Waals surface area (Å²) in [6.45, 7) is 7.11. The number of nitrogens with one attached hydrogen (secondary N) is 2. The molecule has 0 aromatic rings. The van der Waals surface area contributed by atoms with E-state index in [1.54, 1.807) is 0 Å². The molecule has 0 radical (unpaired) electrons. The van der Waals surface area contributed by atoms with Crippen LogP contribution in [0, 0.1) is 11.8 Å². The van der Waals surface area contributed by atoms with E-state index in [4.69, 9.17) is 0 Å². The fourth-order valence-electron chi connectivity index (χ4n) is 3.46. The molecule has 2 rings (SSSR count). The van der Waals surface area contributed by atoms with Gasteiger partial charge in [0.05, 0.1) is 0 Å². The molecular formula is C15H30N2. The van der Waals surface area contributed by atoms with E-state index in [-0.39, 0.29) is 0 Å². The lowest BCUT2D eigenvalue weighted by atomic mass is 9.88. The van der Waals surface area contributed by atoms with Crippen LogP contribution in [0.25, 0.3) is 0 Å². The average Bonchev–Trinajstić information content (AvgIpc) is 2.85. The van der Waals surface area contributed by atoms with Crippen LogP contribution in [-0.4, -0.2) is 25.2 Å². The van der Waals surface area contributed by atoms with Gasteiger partial charge in [-0.1, -0.05) is 33.1 Å². The fraction of sp³-hybridized carbons (Fsp3) is 1.00. The summed E-state index contributed by atoms with van der Waals surface area (Å²) in [5.41, 5.74) is 0. The maximum absolute atomic E-state index is 3.84. The summed E-state index contributed by atoms with van der Waals surface area (Å²) in [5.74, 6) is 1.73. The Hall–Kier alpha value is -0.0800. The van der Waals surface area contributed by atoms with Crippen LogP contribution in [0.2, 0.25) is 0 Å². The summed E-state index contributed by atoms with van der Waals surface area (Å²) < 4.78 is 0. The lowest BCUT2D eigenvalue weighted by Gasteiger charge is -2.33. The number of piperidine rings is 1. The Morgan fingerprint density at radius 2 is 2.06 bits per heavy atom. The lowest BCUT2D eigenvalue weighted by molar-refractivity contribution is 0.252. The van der Waals surface area contributed by atoms with E-state index in [0.717, 1.165) is 23.9 Å². The van der Waals surface area contributed by atoms with Gasteiger partial charge < -0.3 is 10.6 Å². The minimum Gasteiger partial charge on any atom is -0.314 e. The van der Waals surface area contributed by atoms with Crippen molar-refractivity contribution in [2.24, 2.45) is 11.8 Å². The Morgan fingerprint density at radius 3 is 2.76 bits per heavy atom. The molecule has 1 saturated carbocycles. The maximum atomic E-state index is 3.84. The summed E-state index contributed by atoms with van der Waals surface area (Å²) in [4.78, 5) is 0. The Morgan fingerprint density at radius 1 is 1.18 bits per heavy atom. The van der Waals surface area contributed by atoms with Crippen LogP contribution in [0.5, 0.6) is 0 Å². The Kier molecular flexibility index (Phi) is 5.30. The van der Waals surface area contributed by atoms with Crippen LogP contribution >= 0.6 is 0 Å². The van der Waals surface area contributed by atoms with E-state index in [0.29, 0.717) is 0 Å². The highest BCUT2D eigenvalue weighted by molar-refractivity contribution is 4.92. The highest BCUT2D eigenvalue weighted by atomic mass is 15.0. The van der Waals surface area contributed by atoms with E-state index < -0.39 is 0 Å². The zero-order valence-corrected chi connectivity index (χ0v) is 11.7. The SMILES string of the molecule is CCC(C)CNC1CCCC1C1CCCCN1. The Labute approximate surface area is 107 Å². The van der Waals surface area contributed by atoms with Gasteiger partial charge in [0.2, 0.25) is 0 Å². The third-order valence-electron chi connectivity index (χ3n) is 4.86. The highest BCUT2D eigenvalue weighted by Gasteiger charge is 2.33. The molecule has 4 unspecified atom stereocenters. The van der Waals surface area contributed by atoms with Gasteiger partial charge in [-0.25, -0.2) is 0 Å². The summed E-state index contributed by atoms with van der Waals surface area (Å²) in [6, 6.07) is 1.60. The predicted molar refractivity (Wildman–Crippen MR) is 74.2 cm³/mol. The zero-order chi connectivity index (χ0) is 12.1. The molecule has 2 heteroatoms. The maximum Gasteiger partial charge on any atom is 0.0110 e. The second-order valence-electron chi connectivity index (χ2n) is 6.18. The second kappa shape index (κ2) is 6.75. The third kappa shape index (κ3) is 3.69. The summed E-state index contributed by atoms with van der Waals surface area (Å²) in [5, 5.41) is 7.59. The minimum atomic E-state index is 0.791. The van der Waals surface area contributed by atoms with Gasteiger partial charge in [-0.2, -0.15) is 0 Å². The first-order chi connectivity index (χ1) is 8.31. The molecule has 1 saturated heterocycles. The van der Waals surface area contributed by atoms with Crippen molar-refractivity contribution in [2.75, 3.05) is 13.1 Å². The largest absolute Gasteiger partial charge is 0.314 e. The first-order valence-electron chi connectivity index (χ1n) is 7.78. The number of rotatable bonds is 5. The van der Waals surface area contributed by atoms with Crippen molar-refractivity contribution in [3.05, 3.63) is 0 Å². The number of hydrogen-bond donors (Lipinski definition) is 2. The molecule has 2 nitrogen and oxygen atoms in total. The fourth-order valence-corrected chi connectivity index (χ4v) is 3.46. The van der Waals surface area contributed by atoms with E-state index in [1.807, 2.05) is 0 Å². The molecule has 1 aliphatic carbocycles. The molecule has 0 aromatic heterocycles. The summed E-state index contributed by atoms with van der Waals surface area (Å²) in [6.07, 6.45) is 9.80. The van der Waals surface area contributed by atoms with Crippen molar-refractivity contribution < 1.29 is 0 Å². The van der Waals surface area contributed by atoms with Crippen molar-refractivity contribution in [3.63, 3.8) is 0 Å². The zero-order valence-electron chi connectivity index (χ0n) is 11.7. The van der Waals surface area contributed by atoms with Crippen LogP contribution in [0.4, 0.5) is 0 Å². The molecule has 2 aliphatic rings. The van der Waals surface area contributed by atoms with Crippen LogP contribution in [0.15, 0.2) is 0 Å². The molecule has 2 fully saturated rings. The Bertz CT molecular complexity index is 211. The predicted octanol–water partition coefficient (Wildman–Crippen LogP) is 2.93. The molecule has 0 spiro atoms. The molecule has 17 heavy (non-hydrogen) atoms. The quantitative estimate of drug-likeness (QED) is 0.769. The molecule has 0 amide bonds. The third-order valence-corrected chi connectivity index (χ3v) is 4.86. The monoisotopic (exact) mass is 238 g/mol. The number of hydrogen-bond acceptors (Lipinski definition) is 2. The molecule has 1 aliphatic heterocycles. The molecule has 0 bridgehead atoms.